The van der Waals surface area contributed by atoms with Gasteiger partial charge in [-0.3, -0.25) is 0 Å². The van der Waals surface area contributed by atoms with Crippen LogP contribution in [-0.4, -0.2) is 10.2 Å². The van der Waals surface area contributed by atoms with Gasteiger partial charge in [0, 0.05) is 0 Å². The Hall–Kier alpha value is 0.130. The van der Waals surface area contributed by atoms with E-state index in [-0.39, 0.29) is 3.58 Å². The maximum Gasteiger partial charge on any atom is 0.421 e. The van der Waals surface area contributed by atoms with Gasteiger partial charge in [0.15, 0.2) is 0 Å². The Morgan fingerprint density at radius 1 is 1.30 bits per heavy atom. The first-order valence-electron chi connectivity index (χ1n) is 2.67. The van der Waals surface area contributed by atoms with Crippen LogP contribution in [0.3, 0.4) is 0 Å². The normalized spacial score (nSPS) is 15.5. The molecular weight excluding hydrogens is 256 g/mol. The van der Waals surface area contributed by atoms with Crippen molar-refractivity contribution < 1.29 is 13.2 Å². The van der Waals surface area contributed by atoms with Gasteiger partial charge in [0.2, 0.25) is 0 Å². The zero-order valence-electron chi connectivity index (χ0n) is 5.67. The van der Waals surface area contributed by atoms with Crippen molar-refractivity contribution in [3.05, 3.63) is 9.66 Å². The molecule has 0 aromatic heterocycles. The molecular formula is C6H8F3I. The Bertz CT molecular complexity index is 155. The molecule has 0 atom stereocenters. The summed E-state index contributed by atoms with van der Waals surface area (Å²) in [5, 5.41) is 0. The van der Waals surface area contributed by atoms with Crippen molar-refractivity contribution in [3.8, 4) is 0 Å². The lowest BCUT2D eigenvalue weighted by Gasteiger charge is -2.04. The average Bonchev–Trinajstić information content (AvgIpc) is 1.80. The van der Waals surface area contributed by atoms with Crippen molar-refractivity contribution in [1.82, 2.24) is 0 Å². The second-order valence-electron chi connectivity index (χ2n) is 1.46. The van der Waals surface area contributed by atoms with Crippen molar-refractivity contribution in [2.45, 2.75) is 20.0 Å². The monoisotopic (exact) mass is 264 g/mol. The SMILES string of the molecule is CC=I/C(=C\C)C(F)(F)F. The maximum atomic E-state index is 11.8. The minimum atomic E-state index is -4.10. The minimum Gasteiger partial charge on any atom is -0.166 e. The Balaban J connectivity index is 4.39. The molecule has 0 amide bonds. The summed E-state index contributed by atoms with van der Waals surface area (Å²) < 4.78 is 36.8. The molecule has 0 aliphatic heterocycles. The number of rotatable bonds is 1. The third-order valence-electron chi connectivity index (χ3n) is 0.751. The highest BCUT2D eigenvalue weighted by atomic mass is 127. The summed E-state index contributed by atoms with van der Waals surface area (Å²) in [6.45, 7) is 3.08. The van der Waals surface area contributed by atoms with E-state index in [0.29, 0.717) is 0 Å². The molecule has 0 nitrogen and oxygen atoms in total. The van der Waals surface area contributed by atoms with E-state index in [9.17, 15) is 13.2 Å². The van der Waals surface area contributed by atoms with E-state index in [1.807, 2.05) is 0 Å². The molecule has 0 aliphatic rings. The highest BCUT2D eigenvalue weighted by Gasteiger charge is 2.31. The van der Waals surface area contributed by atoms with Crippen LogP contribution in [-0.2, 0) is 0 Å². The lowest BCUT2D eigenvalue weighted by Crippen LogP contribution is -2.06. The van der Waals surface area contributed by atoms with Crippen LogP contribution in [0, 0.1) is 0 Å². The molecule has 0 N–H and O–H groups in total. The summed E-state index contributed by atoms with van der Waals surface area (Å²) in [4.78, 5) is 0. The molecule has 0 aliphatic carbocycles. The molecule has 0 aromatic rings. The van der Waals surface area contributed by atoms with Gasteiger partial charge in [-0.2, -0.15) is 13.2 Å². The van der Waals surface area contributed by atoms with Crippen molar-refractivity contribution in [3.63, 3.8) is 0 Å². The van der Waals surface area contributed by atoms with Crippen molar-refractivity contribution in [2.24, 2.45) is 0 Å². The number of allylic oxidation sites excluding steroid dienone is 2. The first-order valence-corrected chi connectivity index (χ1v) is 4.99. The van der Waals surface area contributed by atoms with Gasteiger partial charge in [-0.25, -0.2) is 0 Å². The second kappa shape index (κ2) is 4.10. The second-order valence-corrected chi connectivity index (χ2v) is 4.49. The third-order valence-corrected chi connectivity index (χ3v) is 3.28. The molecule has 0 unspecified atom stereocenters. The van der Waals surface area contributed by atoms with Crippen LogP contribution in [0.4, 0.5) is 13.2 Å². The van der Waals surface area contributed by atoms with Crippen molar-refractivity contribution >= 4 is 24.7 Å². The summed E-state index contributed by atoms with van der Waals surface area (Å²) in [6, 6.07) is 0. The molecule has 0 aromatic carbocycles. The minimum absolute atomic E-state index is 0.367. The zero-order chi connectivity index (χ0) is 8.20. The first kappa shape index (κ1) is 10.1. The smallest absolute Gasteiger partial charge is 0.166 e. The van der Waals surface area contributed by atoms with Crippen LogP contribution in [0.1, 0.15) is 13.8 Å². The Labute approximate surface area is 67.9 Å². The highest BCUT2D eigenvalue weighted by Crippen LogP contribution is 2.33. The van der Waals surface area contributed by atoms with Crippen LogP contribution in [0.25, 0.3) is 0 Å². The van der Waals surface area contributed by atoms with Gasteiger partial charge < -0.3 is 0 Å². The number of hydrogen-bond acceptors (Lipinski definition) is 0. The van der Waals surface area contributed by atoms with E-state index < -0.39 is 26.9 Å². The van der Waals surface area contributed by atoms with E-state index in [4.69, 9.17) is 0 Å². The van der Waals surface area contributed by atoms with Crippen LogP contribution >= 0.6 is 20.7 Å². The molecule has 60 valence electrons. The summed E-state index contributed by atoms with van der Waals surface area (Å²) >= 11 is -0.917. The van der Waals surface area contributed by atoms with Crippen LogP contribution in [0.15, 0.2) is 9.66 Å². The predicted octanol–water partition coefficient (Wildman–Crippen LogP) is 3.25. The number of alkyl halides is 3. The topological polar surface area (TPSA) is 0 Å². The van der Waals surface area contributed by atoms with Gasteiger partial charge in [-0.1, -0.05) is 30.8 Å². The Kier molecular flexibility index (Phi) is 4.15. The predicted molar refractivity (Wildman–Crippen MR) is 45.6 cm³/mol. The zero-order valence-corrected chi connectivity index (χ0v) is 7.82. The van der Waals surface area contributed by atoms with E-state index >= 15 is 0 Å². The average molecular weight is 264 g/mol. The fourth-order valence-electron chi connectivity index (χ4n) is 0.406. The van der Waals surface area contributed by atoms with Crippen molar-refractivity contribution in [1.29, 1.82) is 0 Å². The molecule has 0 saturated heterocycles. The number of halogens is 4. The van der Waals surface area contributed by atoms with Gasteiger partial charge in [0.05, 0.1) is 3.58 Å². The van der Waals surface area contributed by atoms with Gasteiger partial charge in [0.1, 0.15) is 0 Å². The maximum absolute atomic E-state index is 11.8. The summed E-state index contributed by atoms with van der Waals surface area (Å²) in [7, 11) is 0. The molecule has 0 bridgehead atoms. The van der Waals surface area contributed by atoms with E-state index in [2.05, 4.69) is 0 Å². The molecule has 0 rings (SSSR count). The van der Waals surface area contributed by atoms with Crippen LogP contribution < -0.4 is 0 Å². The lowest BCUT2D eigenvalue weighted by atomic mass is 10.5. The summed E-state index contributed by atoms with van der Waals surface area (Å²) in [6.07, 6.45) is -2.96. The van der Waals surface area contributed by atoms with Crippen LogP contribution in [0.2, 0.25) is 0 Å². The molecule has 0 fully saturated rings. The standard InChI is InChI=1S/C6H8F3I/c1-3-5(10-4-2)6(7,8)9/h3-4H,1-2H3/b5-3-. The third kappa shape index (κ3) is 3.34. The van der Waals surface area contributed by atoms with E-state index in [1.54, 1.807) is 10.9 Å². The lowest BCUT2D eigenvalue weighted by molar-refractivity contribution is -0.0818. The van der Waals surface area contributed by atoms with Gasteiger partial charge in [-0.05, 0) is 13.8 Å². The fourth-order valence-corrected chi connectivity index (χ4v) is 1.79. The highest BCUT2D eigenvalue weighted by molar-refractivity contribution is 14.2. The fraction of sp³-hybridized carbons (Fsp3) is 0.500. The summed E-state index contributed by atoms with van der Waals surface area (Å²) in [5.41, 5.74) is 0. The molecule has 10 heavy (non-hydrogen) atoms. The Morgan fingerprint density at radius 3 is 1.90 bits per heavy atom. The molecule has 0 heterocycles. The molecule has 0 radical (unpaired) electrons. The van der Waals surface area contributed by atoms with E-state index in [1.165, 1.54) is 6.92 Å². The first-order chi connectivity index (χ1) is 4.52. The van der Waals surface area contributed by atoms with Gasteiger partial charge in [-0.15, -0.1) is 0 Å². The summed E-state index contributed by atoms with van der Waals surface area (Å²) in [5.74, 6) is 0. The van der Waals surface area contributed by atoms with Gasteiger partial charge in [0.25, 0.3) is 0 Å². The quantitative estimate of drug-likeness (QED) is 0.638. The van der Waals surface area contributed by atoms with Crippen molar-refractivity contribution in [2.75, 3.05) is 0 Å². The molecule has 4 heteroatoms. The van der Waals surface area contributed by atoms with Crippen LogP contribution in [0.5, 0.6) is 0 Å². The van der Waals surface area contributed by atoms with Gasteiger partial charge >= 0.3 is 6.18 Å². The Morgan fingerprint density at radius 2 is 1.80 bits per heavy atom. The largest absolute Gasteiger partial charge is 0.421 e. The number of hydrogen-bond donors (Lipinski definition) is 0. The molecule has 0 spiro atoms. The van der Waals surface area contributed by atoms with E-state index in [0.717, 1.165) is 6.08 Å². The molecule has 0 saturated carbocycles.